The highest BCUT2D eigenvalue weighted by Crippen LogP contribution is 2.46. The fraction of sp³-hybridized carbons (Fsp3) is 0.310. The maximum absolute atomic E-state index is 13.9. The third-order valence-corrected chi connectivity index (χ3v) is 6.86. The van der Waals surface area contributed by atoms with E-state index in [-0.39, 0.29) is 17.7 Å². The van der Waals surface area contributed by atoms with Crippen LogP contribution in [0.3, 0.4) is 0 Å². The average molecular weight is 521 g/mol. The number of hydrogen-bond acceptors (Lipinski definition) is 7. The summed E-state index contributed by atoms with van der Waals surface area (Å²) in [5, 5.41) is 12.1. The van der Waals surface area contributed by atoms with Crippen molar-refractivity contribution in [2.45, 2.75) is 32.2 Å². The van der Waals surface area contributed by atoms with Gasteiger partial charge in [-0.2, -0.15) is 0 Å². The summed E-state index contributed by atoms with van der Waals surface area (Å²) in [6.07, 6.45) is 2.34. The van der Waals surface area contributed by atoms with Crippen LogP contribution in [0.2, 0.25) is 0 Å². The molecule has 0 saturated carbocycles. The zero-order chi connectivity index (χ0) is 27.4. The maximum Gasteiger partial charge on any atom is 0.306 e. The second kappa shape index (κ2) is 11.3. The Morgan fingerprint density at radius 3 is 2.45 bits per heavy atom. The first kappa shape index (κ1) is 26.7. The van der Waals surface area contributed by atoms with Crippen molar-refractivity contribution >= 4 is 16.9 Å². The number of aromatic hydroxyl groups is 1. The van der Waals surface area contributed by atoms with Gasteiger partial charge in [0.2, 0.25) is 5.75 Å². The summed E-state index contributed by atoms with van der Waals surface area (Å²) in [5.41, 5.74) is 2.87. The Hall–Kier alpha value is -4.40. The van der Waals surface area contributed by atoms with Crippen LogP contribution < -0.4 is 19.8 Å². The largest absolute Gasteiger partial charge is 0.507 e. The summed E-state index contributed by atoms with van der Waals surface area (Å²) in [4.78, 5) is 29.7. The maximum atomic E-state index is 13.9. The normalized spacial score (nSPS) is 11.8. The van der Waals surface area contributed by atoms with E-state index in [0.29, 0.717) is 41.5 Å². The minimum absolute atomic E-state index is 0.0745. The molecule has 38 heavy (non-hydrogen) atoms. The van der Waals surface area contributed by atoms with Crippen LogP contribution in [0.25, 0.3) is 10.9 Å². The van der Waals surface area contributed by atoms with E-state index in [1.165, 1.54) is 28.4 Å². The molecule has 2 aromatic carbocycles. The van der Waals surface area contributed by atoms with Crippen LogP contribution in [0, 0.1) is 6.92 Å². The van der Waals surface area contributed by atoms with Gasteiger partial charge in [0.05, 0.1) is 40.4 Å². The molecule has 2 N–H and O–H groups in total. The van der Waals surface area contributed by atoms with E-state index in [1.807, 2.05) is 30.5 Å². The SMILES string of the molecule is COC(=O)C[C@@H](c1ccc(OC)c(OC)c1OC)c1c(O)cc(C)n(CCc2c[nH]c3ccccc23)c1=O. The van der Waals surface area contributed by atoms with Gasteiger partial charge in [-0.25, -0.2) is 0 Å². The number of nitrogens with zero attached hydrogens (tertiary/aromatic N) is 1. The molecule has 0 spiro atoms. The Kier molecular flexibility index (Phi) is 7.95. The molecule has 0 aliphatic rings. The van der Waals surface area contributed by atoms with Crippen molar-refractivity contribution in [3.8, 4) is 23.0 Å². The molecule has 4 aromatic rings. The number of hydrogen-bond donors (Lipinski definition) is 2. The number of aromatic nitrogens is 2. The number of para-hydroxylation sites is 1. The molecule has 9 heteroatoms. The Bertz CT molecular complexity index is 1520. The molecule has 0 aliphatic heterocycles. The van der Waals surface area contributed by atoms with Crippen molar-refractivity contribution in [2.75, 3.05) is 28.4 Å². The molecule has 0 saturated heterocycles. The highest BCUT2D eigenvalue weighted by molar-refractivity contribution is 5.83. The number of pyridine rings is 1. The number of esters is 1. The number of rotatable bonds is 10. The molecular weight excluding hydrogens is 488 g/mol. The summed E-state index contributed by atoms with van der Waals surface area (Å²) in [6, 6.07) is 12.9. The van der Waals surface area contributed by atoms with Gasteiger partial charge in [0.15, 0.2) is 11.5 Å². The molecule has 0 unspecified atom stereocenters. The zero-order valence-corrected chi connectivity index (χ0v) is 22.2. The third-order valence-electron chi connectivity index (χ3n) is 6.86. The van der Waals surface area contributed by atoms with Crippen molar-refractivity contribution < 1.29 is 28.8 Å². The molecule has 1 atom stereocenters. The lowest BCUT2D eigenvalue weighted by molar-refractivity contribution is -0.140. The van der Waals surface area contributed by atoms with Crippen molar-refractivity contribution in [1.82, 2.24) is 9.55 Å². The quantitative estimate of drug-likeness (QED) is 0.300. The van der Waals surface area contributed by atoms with Crippen molar-refractivity contribution in [3.63, 3.8) is 0 Å². The number of benzene rings is 2. The van der Waals surface area contributed by atoms with Crippen LogP contribution in [-0.4, -0.2) is 49.1 Å². The van der Waals surface area contributed by atoms with Gasteiger partial charge in [-0.15, -0.1) is 0 Å². The van der Waals surface area contributed by atoms with Gasteiger partial charge in [0, 0.05) is 40.8 Å². The van der Waals surface area contributed by atoms with Gasteiger partial charge in [0.25, 0.3) is 5.56 Å². The molecule has 0 radical (unpaired) electrons. The first-order valence-corrected chi connectivity index (χ1v) is 12.2. The number of aromatic amines is 1. The van der Waals surface area contributed by atoms with Crippen LogP contribution >= 0.6 is 0 Å². The van der Waals surface area contributed by atoms with E-state index >= 15 is 0 Å². The van der Waals surface area contributed by atoms with Gasteiger partial charge in [-0.3, -0.25) is 9.59 Å². The molecule has 0 fully saturated rings. The fourth-order valence-electron chi connectivity index (χ4n) is 4.96. The molecule has 0 bridgehead atoms. The smallest absolute Gasteiger partial charge is 0.306 e. The van der Waals surface area contributed by atoms with Crippen LogP contribution in [-0.2, 0) is 22.5 Å². The molecule has 9 nitrogen and oxygen atoms in total. The molecule has 200 valence electrons. The highest BCUT2D eigenvalue weighted by Gasteiger charge is 2.31. The number of carbonyl (C=O) groups excluding carboxylic acids is 1. The fourth-order valence-corrected chi connectivity index (χ4v) is 4.96. The summed E-state index contributed by atoms with van der Waals surface area (Å²) in [7, 11) is 5.71. The number of carbonyl (C=O) groups is 1. The minimum atomic E-state index is -0.871. The average Bonchev–Trinajstić information content (AvgIpc) is 3.34. The molecular formula is C29H32N2O7. The van der Waals surface area contributed by atoms with E-state index in [4.69, 9.17) is 18.9 Å². The summed E-state index contributed by atoms with van der Waals surface area (Å²) >= 11 is 0. The van der Waals surface area contributed by atoms with E-state index in [0.717, 1.165) is 16.5 Å². The van der Waals surface area contributed by atoms with Crippen LogP contribution in [0.1, 0.15) is 34.7 Å². The predicted octanol–water partition coefficient (Wildman–Crippen LogP) is 4.31. The number of fused-ring (bicyclic) bond motifs is 1. The molecule has 0 amide bonds. The van der Waals surface area contributed by atoms with E-state index in [2.05, 4.69) is 4.98 Å². The third kappa shape index (κ3) is 4.91. The van der Waals surface area contributed by atoms with Gasteiger partial charge >= 0.3 is 5.97 Å². The summed E-state index contributed by atoms with van der Waals surface area (Å²) in [5.74, 6) is -0.587. The Morgan fingerprint density at radius 2 is 1.76 bits per heavy atom. The molecule has 2 aromatic heterocycles. The lowest BCUT2D eigenvalue weighted by Gasteiger charge is -2.23. The van der Waals surface area contributed by atoms with E-state index in [1.54, 1.807) is 29.7 Å². The standard InChI is InChI=1S/C29H32N2O7/c1-17-14-23(32)26(29(34)31(17)13-12-18-16-30-22-9-7-6-8-19(18)22)21(15-25(33)36-3)20-10-11-24(35-2)28(38-5)27(20)37-4/h6-11,14,16,21,30,32H,12-13,15H2,1-5H3/t21-/m0/s1. The van der Waals surface area contributed by atoms with Crippen molar-refractivity contribution in [2.24, 2.45) is 0 Å². The number of aryl methyl sites for hydroxylation is 2. The highest BCUT2D eigenvalue weighted by atomic mass is 16.5. The monoisotopic (exact) mass is 520 g/mol. The summed E-state index contributed by atoms with van der Waals surface area (Å²) < 4.78 is 23.1. The first-order chi connectivity index (χ1) is 18.3. The Morgan fingerprint density at radius 1 is 1.03 bits per heavy atom. The van der Waals surface area contributed by atoms with Crippen LogP contribution in [0.15, 0.2) is 53.5 Å². The zero-order valence-electron chi connectivity index (χ0n) is 22.2. The van der Waals surface area contributed by atoms with Crippen molar-refractivity contribution in [1.29, 1.82) is 0 Å². The number of methoxy groups -OCH3 is 4. The Labute approximate surface area is 220 Å². The second-order valence-electron chi connectivity index (χ2n) is 8.91. The van der Waals surface area contributed by atoms with Crippen LogP contribution in [0.4, 0.5) is 0 Å². The topological polar surface area (TPSA) is 112 Å². The first-order valence-electron chi connectivity index (χ1n) is 12.2. The van der Waals surface area contributed by atoms with E-state index in [9.17, 15) is 14.7 Å². The van der Waals surface area contributed by atoms with Gasteiger partial charge in [0.1, 0.15) is 5.75 Å². The number of nitrogens with one attached hydrogen (secondary N) is 1. The predicted molar refractivity (Wildman–Crippen MR) is 144 cm³/mol. The van der Waals surface area contributed by atoms with Gasteiger partial charge in [-0.1, -0.05) is 24.3 Å². The lowest BCUT2D eigenvalue weighted by atomic mass is 9.87. The van der Waals surface area contributed by atoms with Crippen molar-refractivity contribution in [3.05, 3.63) is 81.4 Å². The number of H-pyrrole nitrogens is 1. The van der Waals surface area contributed by atoms with Crippen LogP contribution in [0.5, 0.6) is 23.0 Å². The minimum Gasteiger partial charge on any atom is -0.507 e. The molecule has 0 aliphatic carbocycles. The Balaban J connectivity index is 1.83. The number of ether oxygens (including phenoxy) is 4. The van der Waals surface area contributed by atoms with E-state index < -0.39 is 17.4 Å². The lowest BCUT2D eigenvalue weighted by Crippen LogP contribution is -2.29. The molecule has 2 heterocycles. The van der Waals surface area contributed by atoms with Gasteiger partial charge < -0.3 is 33.6 Å². The molecule has 4 rings (SSSR count). The summed E-state index contributed by atoms with van der Waals surface area (Å²) in [6.45, 7) is 2.15. The van der Waals surface area contributed by atoms with Gasteiger partial charge in [-0.05, 0) is 37.1 Å². The second-order valence-corrected chi connectivity index (χ2v) is 8.91.